The highest BCUT2D eigenvalue weighted by atomic mass is 32.2. The van der Waals surface area contributed by atoms with Crippen molar-refractivity contribution in [3.05, 3.63) is 65.7 Å². The Kier molecular flexibility index (Phi) is 8.88. The maximum absolute atomic E-state index is 12.6. The van der Waals surface area contributed by atoms with Crippen molar-refractivity contribution in [2.75, 3.05) is 37.0 Å². The second kappa shape index (κ2) is 11.4. The van der Waals surface area contributed by atoms with E-state index in [2.05, 4.69) is 15.5 Å². The van der Waals surface area contributed by atoms with Crippen molar-refractivity contribution in [3.8, 4) is 0 Å². The molecule has 0 radical (unpaired) electrons. The zero-order chi connectivity index (χ0) is 20.4. The van der Waals surface area contributed by atoms with Crippen molar-refractivity contribution >= 4 is 29.3 Å². The lowest BCUT2D eigenvalue weighted by molar-refractivity contribution is -0.122. The molecule has 28 heavy (non-hydrogen) atoms. The van der Waals surface area contributed by atoms with E-state index in [1.54, 1.807) is 17.8 Å². The van der Waals surface area contributed by atoms with E-state index in [-0.39, 0.29) is 11.8 Å². The maximum Gasteiger partial charge on any atom is 0.251 e. The van der Waals surface area contributed by atoms with Crippen LogP contribution in [-0.2, 0) is 4.79 Å². The van der Waals surface area contributed by atoms with Gasteiger partial charge in [0.05, 0.1) is 0 Å². The Bertz CT molecular complexity index is 767. The van der Waals surface area contributed by atoms with E-state index in [4.69, 9.17) is 0 Å². The Hall–Kier alpha value is -2.47. The fourth-order valence-electron chi connectivity index (χ4n) is 2.81. The summed E-state index contributed by atoms with van der Waals surface area (Å²) in [5.41, 5.74) is 2.69. The van der Waals surface area contributed by atoms with Crippen LogP contribution in [0.4, 0.5) is 5.69 Å². The van der Waals surface area contributed by atoms with Gasteiger partial charge in [-0.25, -0.2) is 0 Å². The van der Waals surface area contributed by atoms with Gasteiger partial charge in [-0.05, 0) is 49.6 Å². The molecule has 0 fully saturated rings. The van der Waals surface area contributed by atoms with E-state index in [0.717, 1.165) is 17.0 Å². The van der Waals surface area contributed by atoms with Gasteiger partial charge in [0.25, 0.3) is 5.91 Å². The molecule has 150 valence electrons. The summed E-state index contributed by atoms with van der Waals surface area (Å²) in [6, 6.07) is 16.9. The molecule has 0 aliphatic rings. The van der Waals surface area contributed by atoms with E-state index in [9.17, 15) is 9.59 Å². The molecule has 0 heterocycles. The van der Waals surface area contributed by atoms with Crippen LogP contribution in [-0.4, -0.2) is 50.0 Å². The molecule has 0 bridgehead atoms. The van der Waals surface area contributed by atoms with Gasteiger partial charge in [-0.3, -0.25) is 9.59 Å². The molecule has 0 saturated carbocycles. The first-order valence-electron chi connectivity index (χ1n) is 9.41. The van der Waals surface area contributed by atoms with Gasteiger partial charge in [0.1, 0.15) is 6.04 Å². The molecule has 0 saturated heterocycles. The number of nitrogens with zero attached hydrogens (tertiary/aromatic N) is 1. The fraction of sp³-hybridized carbons (Fsp3) is 0.364. The second-order valence-electron chi connectivity index (χ2n) is 6.73. The Morgan fingerprint density at radius 2 is 1.86 bits per heavy atom. The number of aryl methyl sites for hydroxylation is 1. The van der Waals surface area contributed by atoms with Crippen molar-refractivity contribution in [2.24, 2.45) is 0 Å². The molecule has 0 aliphatic carbocycles. The number of anilines is 1. The van der Waals surface area contributed by atoms with Crippen LogP contribution >= 0.6 is 11.8 Å². The highest BCUT2D eigenvalue weighted by molar-refractivity contribution is 7.98. The largest absolute Gasteiger partial charge is 0.373 e. The predicted molar refractivity (Wildman–Crippen MR) is 118 cm³/mol. The number of thioether (sulfide) groups is 1. The van der Waals surface area contributed by atoms with E-state index < -0.39 is 6.04 Å². The molecule has 6 heteroatoms. The van der Waals surface area contributed by atoms with Crippen LogP contribution in [0.2, 0.25) is 0 Å². The smallest absolute Gasteiger partial charge is 0.251 e. The number of benzene rings is 2. The zero-order valence-corrected chi connectivity index (χ0v) is 17.6. The highest BCUT2D eigenvalue weighted by Crippen LogP contribution is 2.10. The third-order valence-corrected chi connectivity index (χ3v) is 5.10. The molecule has 2 N–H and O–H groups in total. The molecular formula is C22H29N3O2S. The first-order chi connectivity index (χ1) is 13.5. The van der Waals surface area contributed by atoms with E-state index in [0.29, 0.717) is 25.1 Å². The van der Waals surface area contributed by atoms with Gasteiger partial charge in [0, 0.05) is 31.4 Å². The Morgan fingerprint density at radius 1 is 1.11 bits per heavy atom. The summed E-state index contributed by atoms with van der Waals surface area (Å²) in [6.07, 6.45) is 2.59. The van der Waals surface area contributed by atoms with Crippen LogP contribution in [0.15, 0.2) is 54.6 Å². The first kappa shape index (κ1) is 21.8. The Labute approximate surface area is 171 Å². The van der Waals surface area contributed by atoms with Crippen LogP contribution in [0.5, 0.6) is 0 Å². The van der Waals surface area contributed by atoms with Crippen LogP contribution in [0.3, 0.4) is 0 Å². The molecule has 1 atom stereocenters. The fourth-order valence-corrected chi connectivity index (χ4v) is 3.29. The molecule has 0 spiro atoms. The number of hydrogen-bond acceptors (Lipinski definition) is 4. The van der Waals surface area contributed by atoms with Gasteiger partial charge in [-0.1, -0.05) is 35.9 Å². The van der Waals surface area contributed by atoms with Crippen LogP contribution in [0.1, 0.15) is 22.3 Å². The standard InChI is InChI=1S/C22H29N3O2S/c1-17-8-7-9-18(16-17)21(26)24-20(12-15-28-3)22(27)23-13-14-25(2)19-10-5-4-6-11-19/h4-11,16,20H,12-15H2,1-3H3,(H,23,27)(H,24,26). The molecule has 2 aromatic rings. The summed E-state index contributed by atoms with van der Waals surface area (Å²) < 4.78 is 0. The van der Waals surface area contributed by atoms with Crippen LogP contribution < -0.4 is 15.5 Å². The van der Waals surface area contributed by atoms with Crippen LogP contribution in [0.25, 0.3) is 0 Å². The van der Waals surface area contributed by atoms with Gasteiger partial charge >= 0.3 is 0 Å². The number of para-hydroxylation sites is 1. The molecule has 5 nitrogen and oxygen atoms in total. The van der Waals surface area contributed by atoms with Gasteiger partial charge in [0.15, 0.2) is 0 Å². The SMILES string of the molecule is CSCCC(NC(=O)c1cccc(C)c1)C(=O)NCCN(C)c1ccccc1. The molecule has 0 aliphatic heterocycles. The minimum atomic E-state index is -0.539. The number of amides is 2. The number of carbonyl (C=O) groups is 2. The summed E-state index contributed by atoms with van der Waals surface area (Å²) in [4.78, 5) is 27.3. The minimum Gasteiger partial charge on any atom is -0.373 e. The normalized spacial score (nSPS) is 11.5. The third kappa shape index (κ3) is 6.93. The number of rotatable bonds is 10. The average molecular weight is 400 g/mol. The Morgan fingerprint density at radius 3 is 2.54 bits per heavy atom. The summed E-state index contributed by atoms with van der Waals surface area (Å²) >= 11 is 1.66. The van der Waals surface area contributed by atoms with Gasteiger partial charge in [0.2, 0.25) is 5.91 Å². The highest BCUT2D eigenvalue weighted by Gasteiger charge is 2.21. The summed E-state index contributed by atoms with van der Waals surface area (Å²) in [5.74, 6) is 0.443. The van der Waals surface area contributed by atoms with E-state index in [1.165, 1.54) is 0 Å². The van der Waals surface area contributed by atoms with Gasteiger partial charge in [-0.15, -0.1) is 0 Å². The molecule has 2 amide bonds. The van der Waals surface area contributed by atoms with Crippen molar-refractivity contribution in [1.82, 2.24) is 10.6 Å². The number of nitrogens with one attached hydrogen (secondary N) is 2. The van der Waals surface area contributed by atoms with E-state index >= 15 is 0 Å². The third-order valence-electron chi connectivity index (χ3n) is 4.46. The second-order valence-corrected chi connectivity index (χ2v) is 7.71. The lowest BCUT2D eigenvalue weighted by Gasteiger charge is -2.22. The lowest BCUT2D eigenvalue weighted by Crippen LogP contribution is -2.48. The summed E-state index contributed by atoms with van der Waals surface area (Å²) in [7, 11) is 1.99. The molecule has 2 aromatic carbocycles. The number of likely N-dealkylation sites (N-methyl/N-ethyl adjacent to an activating group) is 1. The molecule has 1 unspecified atom stereocenters. The zero-order valence-electron chi connectivity index (χ0n) is 16.8. The quantitative estimate of drug-likeness (QED) is 0.645. The maximum atomic E-state index is 12.6. The monoisotopic (exact) mass is 399 g/mol. The molecular weight excluding hydrogens is 370 g/mol. The van der Waals surface area contributed by atoms with Gasteiger partial charge < -0.3 is 15.5 Å². The lowest BCUT2D eigenvalue weighted by atomic mass is 10.1. The summed E-state index contributed by atoms with van der Waals surface area (Å²) in [6.45, 7) is 3.15. The Balaban J connectivity index is 1.90. The first-order valence-corrected chi connectivity index (χ1v) is 10.8. The van der Waals surface area contributed by atoms with Gasteiger partial charge in [-0.2, -0.15) is 11.8 Å². The average Bonchev–Trinajstić information content (AvgIpc) is 2.71. The predicted octanol–water partition coefficient (Wildman–Crippen LogP) is 3.10. The van der Waals surface area contributed by atoms with Crippen molar-refractivity contribution < 1.29 is 9.59 Å². The molecule has 0 aromatic heterocycles. The van der Waals surface area contributed by atoms with Crippen molar-refractivity contribution in [3.63, 3.8) is 0 Å². The summed E-state index contributed by atoms with van der Waals surface area (Å²) in [5, 5.41) is 5.84. The topological polar surface area (TPSA) is 61.4 Å². The minimum absolute atomic E-state index is 0.142. The number of hydrogen-bond donors (Lipinski definition) is 2. The molecule has 2 rings (SSSR count). The van der Waals surface area contributed by atoms with Crippen LogP contribution in [0, 0.1) is 6.92 Å². The van der Waals surface area contributed by atoms with E-state index in [1.807, 2.05) is 68.8 Å². The van der Waals surface area contributed by atoms with Crippen molar-refractivity contribution in [1.29, 1.82) is 0 Å². The van der Waals surface area contributed by atoms with Crippen molar-refractivity contribution in [2.45, 2.75) is 19.4 Å². The number of carbonyl (C=O) groups excluding carboxylic acids is 2.